The molecule has 0 rings (SSSR count). The van der Waals surface area contributed by atoms with Crippen molar-refractivity contribution in [2.75, 3.05) is 27.5 Å². The highest BCUT2D eigenvalue weighted by atomic mass is 31.2. The molecule has 0 aliphatic carbocycles. The van der Waals surface area contributed by atoms with Crippen LogP contribution in [-0.4, -0.2) is 33.6 Å². The topological polar surface area (TPSA) is 44.8 Å². The Balaban J connectivity index is 3.61. The van der Waals surface area contributed by atoms with E-state index in [0.717, 1.165) is 0 Å². The molecule has 0 heterocycles. The molecule has 0 fully saturated rings. The molecule has 0 N–H and O–H groups in total. The van der Waals surface area contributed by atoms with E-state index in [4.69, 9.17) is 9.26 Å². The Morgan fingerprint density at radius 2 is 2.00 bits per heavy atom. The molecule has 0 aliphatic rings. The van der Waals surface area contributed by atoms with Crippen molar-refractivity contribution in [1.82, 2.24) is 0 Å². The first-order valence-corrected chi connectivity index (χ1v) is 5.31. The van der Waals surface area contributed by atoms with Crippen molar-refractivity contribution >= 4 is 7.60 Å². The fourth-order valence-electron chi connectivity index (χ4n) is 0.361. The summed E-state index contributed by atoms with van der Waals surface area (Å²) < 4.78 is 25.5. The maximum atomic E-state index is 11.1. The second kappa shape index (κ2) is 4.88. The third-order valence-corrected chi connectivity index (χ3v) is 2.56. The first kappa shape index (κ1) is 11.1. The third-order valence-electron chi connectivity index (χ3n) is 1.28. The Hall–Kier alpha value is 0.110. The number of hydrogen-bond acceptors (Lipinski definition) is 4. The van der Waals surface area contributed by atoms with Crippen LogP contribution in [0.15, 0.2) is 0 Å². The maximum absolute atomic E-state index is 11.1. The molecule has 0 amide bonds. The quantitative estimate of drug-likeness (QED) is 0.604. The van der Waals surface area contributed by atoms with E-state index in [1.54, 1.807) is 7.11 Å². The van der Waals surface area contributed by atoms with Crippen LogP contribution in [0.3, 0.4) is 0 Å². The summed E-state index contributed by atoms with van der Waals surface area (Å²) in [5.41, 5.74) is 0. The van der Waals surface area contributed by atoms with Gasteiger partial charge in [-0.3, -0.25) is 4.57 Å². The van der Waals surface area contributed by atoms with Crippen molar-refractivity contribution in [2.24, 2.45) is 0 Å². The summed E-state index contributed by atoms with van der Waals surface area (Å²) >= 11 is 0. The lowest BCUT2D eigenvalue weighted by molar-refractivity contribution is 0.0656. The summed E-state index contributed by atoms with van der Waals surface area (Å²) in [6.07, 6.45) is -0.0570. The molecule has 0 aromatic carbocycles. The second-order valence-electron chi connectivity index (χ2n) is 2.30. The molecular formula is C6H15O4P. The SMILES string of the molecule is COC(C)COP(C)(=O)OC. The van der Waals surface area contributed by atoms with Crippen molar-refractivity contribution in [3.05, 3.63) is 0 Å². The van der Waals surface area contributed by atoms with Crippen LogP contribution in [0.5, 0.6) is 0 Å². The Labute approximate surface area is 67.4 Å². The number of ether oxygens (including phenoxy) is 1. The minimum absolute atomic E-state index is 0.0570. The first-order valence-electron chi connectivity index (χ1n) is 3.32. The van der Waals surface area contributed by atoms with Crippen molar-refractivity contribution in [3.63, 3.8) is 0 Å². The molecule has 0 spiro atoms. The first-order chi connectivity index (χ1) is 5.02. The van der Waals surface area contributed by atoms with E-state index in [1.807, 2.05) is 6.92 Å². The summed E-state index contributed by atoms with van der Waals surface area (Å²) in [5, 5.41) is 0. The molecule has 5 heteroatoms. The Kier molecular flexibility index (Phi) is 4.93. The standard InChI is InChI=1S/C6H15O4P/c1-6(8-2)5-10-11(4,7)9-3/h6H,5H2,1-4H3. The highest BCUT2D eigenvalue weighted by Crippen LogP contribution is 2.42. The summed E-state index contributed by atoms with van der Waals surface area (Å²) in [5.74, 6) is 0. The van der Waals surface area contributed by atoms with E-state index in [0.29, 0.717) is 0 Å². The van der Waals surface area contributed by atoms with Crippen LogP contribution in [-0.2, 0) is 18.3 Å². The summed E-state index contributed by atoms with van der Waals surface area (Å²) in [7, 11) is 0.110. The minimum atomic E-state index is -2.82. The molecule has 0 saturated carbocycles. The Morgan fingerprint density at radius 1 is 1.45 bits per heavy atom. The smallest absolute Gasteiger partial charge is 0.327 e. The van der Waals surface area contributed by atoms with Gasteiger partial charge < -0.3 is 13.8 Å². The largest absolute Gasteiger partial charge is 0.379 e. The monoisotopic (exact) mass is 182 g/mol. The number of hydrogen-bond donors (Lipinski definition) is 0. The lowest BCUT2D eigenvalue weighted by Crippen LogP contribution is -2.12. The van der Waals surface area contributed by atoms with Gasteiger partial charge in [0.05, 0.1) is 12.7 Å². The molecule has 4 nitrogen and oxygen atoms in total. The van der Waals surface area contributed by atoms with Crippen molar-refractivity contribution in [2.45, 2.75) is 13.0 Å². The molecule has 0 saturated heterocycles. The van der Waals surface area contributed by atoms with E-state index in [-0.39, 0.29) is 12.7 Å². The molecule has 68 valence electrons. The molecular weight excluding hydrogens is 167 g/mol. The van der Waals surface area contributed by atoms with Crippen LogP contribution < -0.4 is 0 Å². The number of methoxy groups -OCH3 is 1. The fourth-order valence-corrected chi connectivity index (χ4v) is 0.947. The normalized spacial score (nSPS) is 19.3. The van der Waals surface area contributed by atoms with E-state index in [9.17, 15) is 4.57 Å². The van der Waals surface area contributed by atoms with Crippen LogP contribution in [0.2, 0.25) is 0 Å². The van der Waals surface area contributed by atoms with Gasteiger partial charge in [-0.25, -0.2) is 0 Å². The second-order valence-corrected chi connectivity index (χ2v) is 4.46. The van der Waals surface area contributed by atoms with Gasteiger partial charge in [0, 0.05) is 20.9 Å². The van der Waals surface area contributed by atoms with Crippen molar-refractivity contribution in [3.8, 4) is 0 Å². The molecule has 11 heavy (non-hydrogen) atoms. The lowest BCUT2D eigenvalue weighted by atomic mass is 10.4. The van der Waals surface area contributed by atoms with Crippen LogP contribution in [0, 0.1) is 0 Å². The fraction of sp³-hybridized carbons (Fsp3) is 1.00. The van der Waals surface area contributed by atoms with Crippen molar-refractivity contribution < 1.29 is 18.3 Å². The van der Waals surface area contributed by atoms with Crippen LogP contribution in [0.25, 0.3) is 0 Å². The predicted molar refractivity (Wildman–Crippen MR) is 43.0 cm³/mol. The van der Waals surface area contributed by atoms with Crippen molar-refractivity contribution in [1.29, 1.82) is 0 Å². The number of rotatable bonds is 5. The zero-order valence-electron chi connectivity index (χ0n) is 7.36. The summed E-state index contributed by atoms with van der Waals surface area (Å²) in [6, 6.07) is 0. The zero-order chi connectivity index (χ0) is 8.91. The highest BCUT2D eigenvalue weighted by Gasteiger charge is 2.15. The van der Waals surface area contributed by atoms with Gasteiger partial charge in [-0.15, -0.1) is 0 Å². The van der Waals surface area contributed by atoms with Crippen LogP contribution in [0.1, 0.15) is 6.92 Å². The molecule has 2 unspecified atom stereocenters. The average Bonchev–Trinajstić information content (AvgIpc) is 2.00. The van der Waals surface area contributed by atoms with Gasteiger partial charge in [0.15, 0.2) is 0 Å². The Bertz CT molecular complexity index is 148. The van der Waals surface area contributed by atoms with Gasteiger partial charge in [-0.2, -0.15) is 0 Å². The van der Waals surface area contributed by atoms with E-state index >= 15 is 0 Å². The van der Waals surface area contributed by atoms with Gasteiger partial charge >= 0.3 is 7.60 Å². The zero-order valence-corrected chi connectivity index (χ0v) is 8.26. The van der Waals surface area contributed by atoms with Crippen LogP contribution >= 0.6 is 7.60 Å². The summed E-state index contributed by atoms with van der Waals surface area (Å²) in [4.78, 5) is 0. The van der Waals surface area contributed by atoms with Gasteiger partial charge in [-0.05, 0) is 6.92 Å². The predicted octanol–water partition coefficient (Wildman–Crippen LogP) is 1.51. The summed E-state index contributed by atoms with van der Waals surface area (Å²) in [6.45, 7) is 3.54. The van der Waals surface area contributed by atoms with E-state index < -0.39 is 7.60 Å². The van der Waals surface area contributed by atoms with Gasteiger partial charge in [-0.1, -0.05) is 0 Å². The minimum Gasteiger partial charge on any atom is -0.379 e. The third kappa shape index (κ3) is 5.39. The Morgan fingerprint density at radius 3 is 2.36 bits per heavy atom. The maximum Gasteiger partial charge on any atom is 0.327 e. The highest BCUT2D eigenvalue weighted by molar-refractivity contribution is 7.52. The van der Waals surface area contributed by atoms with Gasteiger partial charge in [0.25, 0.3) is 0 Å². The molecule has 2 atom stereocenters. The molecule has 0 radical (unpaired) electrons. The molecule has 0 aliphatic heterocycles. The lowest BCUT2D eigenvalue weighted by Gasteiger charge is -2.14. The van der Waals surface area contributed by atoms with E-state index in [1.165, 1.54) is 13.8 Å². The molecule has 0 aromatic heterocycles. The van der Waals surface area contributed by atoms with E-state index in [2.05, 4.69) is 4.52 Å². The van der Waals surface area contributed by atoms with Gasteiger partial charge in [0.2, 0.25) is 0 Å². The molecule has 0 aromatic rings. The molecule has 0 bridgehead atoms. The average molecular weight is 182 g/mol. The van der Waals surface area contributed by atoms with Gasteiger partial charge in [0.1, 0.15) is 0 Å². The van der Waals surface area contributed by atoms with Crippen LogP contribution in [0.4, 0.5) is 0 Å².